The van der Waals surface area contributed by atoms with Crippen molar-refractivity contribution >= 4 is 6.03 Å². The Morgan fingerprint density at radius 2 is 2.05 bits per heavy atom. The van der Waals surface area contributed by atoms with E-state index in [4.69, 9.17) is 9.52 Å². The van der Waals surface area contributed by atoms with Crippen LogP contribution in [-0.2, 0) is 0 Å². The first-order chi connectivity index (χ1) is 8.93. The van der Waals surface area contributed by atoms with E-state index in [0.717, 1.165) is 23.5 Å². The highest BCUT2D eigenvalue weighted by Crippen LogP contribution is 2.20. The molecule has 108 valence electrons. The van der Waals surface area contributed by atoms with Crippen molar-refractivity contribution in [2.45, 2.75) is 52.6 Å². The van der Waals surface area contributed by atoms with Crippen LogP contribution < -0.4 is 10.6 Å². The normalized spacial score (nSPS) is 13.9. The van der Waals surface area contributed by atoms with E-state index in [1.165, 1.54) is 0 Å². The molecular weight excluding hydrogens is 244 g/mol. The average Bonchev–Trinajstić information content (AvgIpc) is 2.65. The number of urea groups is 1. The molecular formula is C14H24N2O3. The fourth-order valence-corrected chi connectivity index (χ4v) is 2.09. The predicted molar refractivity (Wildman–Crippen MR) is 74.0 cm³/mol. The molecule has 0 saturated carbocycles. The van der Waals surface area contributed by atoms with Crippen LogP contribution in [0.5, 0.6) is 0 Å². The van der Waals surface area contributed by atoms with Crippen molar-refractivity contribution in [1.82, 2.24) is 10.6 Å². The van der Waals surface area contributed by atoms with Crippen LogP contribution in [0.3, 0.4) is 0 Å². The number of amides is 2. The number of hydrogen-bond acceptors (Lipinski definition) is 3. The summed E-state index contributed by atoms with van der Waals surface area (Å²) in [5.74, 6) is 1.68. The molecule has 0 radical (unpaired) electrons. The van der Waals surface area contributed by atoms with Crippen molar-refractivity contribution in [3.63, 3.8) is 0 Å². The number of rotatable bonds is 6. The molecule has 2 unspecified atom stereocenters. The summed E-state index contributed by atoms with van der Waals surface area (Å²) in [6.45, 7) is 7.78. The van der Waals surface area contributed by atoms with Gasteiger partial charge in [0, 0.05) is 18.2 Å². The van der Waals surface area contributed by atoms with Gasteiger partial charge in [0.2, 0.25) is 0 Å². The molecule has 0 aliphatic rings. The van der Waals surface area contributed by atoms with E-state index in [9.17, 15) is 4.79 Å². The van der Waals surface area contributed by atoms with Crippen LogP contribution in [0.2, 0.25) is 0 Å². The molecule has 0 bridgehead atoms. The number of nitrogens with one attached hydrogen (secondary N) is 2. The summed E-state index contributed by atoms with van der Waals surface area (Å²) < 4.78 is 5.45. The van der Waals surface area contributed by atoms with Gasteiger partial charge < -0.3 is 20.2 Å². The minimum Gasteiger partial charge on any atom is -0.466 e. The van der Waals surface area contributed by atoms with Crippen molar-refractivity contribution in [3.8, 4) is 0 Å². The standard InChI is InChI=1S/C14H24N2O3/c1-9(6-5-7-17)15-14(18)16-11(3)13-8-10(2)19-12(13)4/h8-9,11,17H,5-7H2,1-4H3,(H2,15,16,18). The average molecular weight is 268 g/mol. The van der Waals surface area contributed by atoms with Crippen LogP contribution in [0.1, 0.15) is 49.8 Å². The van der Waals surface area contributed by atoms with Gasteiger partial charge in [-0.05, 0) is 46.6 Å². The summed E-state index contributed by atoms with van der Waals surface area (Å²) in [4.78, 5) is 11.8. The number of furan rings is 1. The molecule has 0 aliphatic carbocycles. The zero-order valence-corrected chi connectivity index (χ0v) is 12.1. The maximum atomic E-state index is 11.8. The van der Waals surface area contributed by atoms with E-state index >= 15 is 0 Å². The Labute approximate surface area is 114 Å². The van der Waals surface area contributed by atoms with Crippen molar-refractivity contribution < 1.29 is 14.3 Å². The van der Waals surface area contributed by atoms with Gasteiger partial charge in [0.1, 0.15) is 11.5 Å². The zero-order chi connectivity index (χ0) is 14.4. The van der Waals surface area contributed by atoms with Crippen molar-refractivity contribution in [1.29, 1.82) is 0 Å². The van der Waals surface area contributed by atoms with E-state index in [1.807, 2.05) is 33.8 Å². The molecule has 1 aromatic heterocycles. The fourth-order valence-electron chi connectivity index (χ4n) is 2.09. The van der Waals surface area contributed by atoms with E-state index in [1.54, 1.807) is 0 Å². The highest BCUT2D eigenvalue weighted by Gasteiger charge is 2.15. The van der Waals surface area contributed by atoms with Gasteiger partial charge in [-0.2, -0.15) is 0 Å². The molecule has 5 heteroatoms. The molecule has 1 aromatic rings. The lowest BCUT2D eigenvalue weighted by Crippen LogP contribution is -2.41. The first-order valence-electron chi connectivity index (χ1n) is 6.68. The van der Waals surface area contributed by atoms with Crippen molar-refractivity contribution in [2.75, 3.05) is 6.61 Å². The maximum Gasteiger partial charge on any atom is 0.315 e. The zero-order valence-electron chi connectivity index (χ0n) is 12.1. The predicted octanol–water partition coefficient (Wildman–Crippen LogP) is 2.42. The minimum absolute atomic E-state index is 0.0477. The molecule has 2 atom stereocenters. The quantitative estimate of drug-likeness (QED) is 0.741. The second kappa shape index (κ2) is 7.19. The molecule has 0 aromatic carbocycles. The van der Waals surface area contributed by atoms with Gasteiger partial charge in [-0.25, -0.2) is 4.79 Å². The third-order valence-electron chi connectivity index (χ3n) is 3.07. The second-order valence-electron chi connectivity index (χ2n) is 4.97. The Balaban J connectivity index is 2.46. The summed E-state index contributed by atoms with van der Waals surface area (Å²) in [5, 5.41) is 14.5. The Morgan fingerprint density at radius 3 is 2.58 bits per heavy atom. The molecule has 3 N–H and O–H groups in total. The second-order valence-corrected chi connectivity index (χ2v) is 4.97. The molecule has 0 fully saturated rings. The molecule has 1 heterocycles. The van der Waals surface area contributed by atoms with E-state index in [-0.39, 0.29) is 24.7 Å². The van der Waals surface area contributed by atoms with Crippen molar-refractivity contribution in [3.05, 3.63) is 23.2 Å². The summed E-state index contributed by atoms with van der Waals surface area (Å²) >= 11 is 0. The molecule has 0 spiro atoms. The lowest BCUT2D eigenvalue weighted by molar-refractivity contribution is 0.231. The lowest BCUT2D eigenvalue weighted by atomic mass is 10.1. The molecule has 1 rings (SSSR count). The summed E-state index contributed by atoms with van der Waals surface area (Å²) in [6.07, 6.45) is 1.46. The maximum absolute atomic E-state index is 11.8. The van der Waals surface area contributed by atoms with E-state index < -0.39 is 0 Å². The van der Waals surface area contributed by atoms with E-state index in [0.29, 0.717) is 6.42 Å². The van der Waals surface area contributed by atoms with Crippen LogP contribution in [0.25, 0.3) is 0 Å². The van der Waals surface area contributed by atoms with Crippen LogP contribution in [0.4, 0.5) is 4.79 Å². The summed E-state index contributed by atoms with van der Waals surface area (Å²) in [5.41, 5.74) is 0.996. The van der Waals surface area contributed by atoms with Crippen molar-refractivity contribution in [2.24, 2.45) is 0 Å². The third kappa shape index (κ3) is 4.95. The Hall–Kier alpha value is -1.49. The van der Waals surface area contributed by atoms with Gasteiger partial charge in [0.05, 0.1) is 6.04 Å². The number of aliphatic hydroxyl groups is 1. The largest absolute Gasteiger partial charge is 0.466 e. The number of hydrogen-bond donors (Lipinski definition) is 3. The van der Waals surface area contributed by atoms with Crippen LogP contribution in [0, 0.1) is 13.8 Å². The SMILES string of the molecule is Cc1cc(C(C)NC(=O)NC(C)CCCO)c(C)o1. The van der Waals surface area contributed by atoms with Gasteiger partial charge >= 0.3 is 6.03 Å². The molecule has 0 saturated heterocycles. The topological polar surface area (TPSA) is 74.5 Å². The minimum atomic E-state index is -0.198. The number of carbonyl (C=O) groups is 1. The van der Waals surface area contributed by atoms with Gasteiger partial charge in [-0.1, -0.05) is 0 Å². The van der Waals surface area contributed by atoms with Gasteiger partial charge in [0.25, 0.3) is 0 Å². The van der Waals surface area contributed by atoms with E-state index in [2.05, 4.69) is 10.6 Å². The number of aliphatic hydroxyl groups excluding tert-OH is 1. The highest BCUT2D eigenvalue weighted by molar-refractivity contribution is 5.74. The van der Waals surface area contributed by atoms with Crippen LogP contribution in [-0.4, -0.2) is 23.8 Å². The smallest absolute Gasteiger partial charge is 0.315 e. The van der Waals surface area contributed by atoms with Gasteiger partial charge in [-0.15, -0.1) is 0 Å². The van der Waals surface area contributed by atoms with Crippen LogP contribution >= 0.6 is 0 Å². The molecule has 0 aliphatic heterocycles. The lowest BCUT2D eigenvalue weighted by Gasteiger charge is -2.17. The molecule has 5 nitrogen and oxygen atoms in total. The Bertz CT molecular complexity index is 415. The van der Waals surface area contributed by atoms with Gasteiger partial charge in [-0.3, -0.25) is 0 Å². The monoisotopic (exact) mass is 268 g/mol. The van der Waals surface area contributed by atoms with Crippen LogP contribution in [0.15, 0.2) is 10.5 Å². The molecule has 2 amide bonds. The first kappa shape index (κ1) is 15.6. The van der Waals surface area contributed by atoms with Gasteiger partial charge in [0.15, 0.2) is 0 Å². The third-order valence-corrected chi connectivity index (χ3v) is 3.07. The number of carbonyl (C=O) groups excluding carboxylic acids is 1. The summed E-state index contributed by atoms with van der Waals surface area (Å²) in [6, 6.07) is 1.69. The first-order valence-corrected chi connectivity index (χ1v) is 6.68. The molecule has 19 heavy (non-hydrogen) atoms. The Morgan fingerprint density at radius 1 is 1.37 bits per heavy atom. The summed E-state index contributed by atoms with van der Waals surface area (Å²) in [7, 11) is 0. The Kier molecular flexibility index (Phi) is 5.89. The fraction of sp³-hybridized carbons (Fsp3) is 0.643. The number of aryl methyl sites for hydroxylation is 2. The highest BCUT2D eigenvalue weighted by atomic mass is 16.3.